The molecule has 3 aromatic rings. The molecule has 0 aliphatic carbocycles. The van der Waals surface area contributed by atoms with Gasteiger partial charge >= 0.3 is 0 Å². The molecule has 0 spiro atoms. The van der Waals surface area contributed by atoms with Gasteiger partial charge in [-0.2, -0.15) is 10.2 Å². The lowest BCUT2D eigenvalue weighted by atomic mass is 10.1. The highest BCUT2D eigenvalue weighted by Gasteiger charge is 2.17. The molecule has 1 unspecified atom stereocenters. The van der Waals surface area contributed by atoms with Gasteiger partial charge in [-0.1, -0.05) is 6.07 Å². The fourth-order valence-electron chi connectivity index (χ4n) is 1.90. The summed E-state index contributed by atoms with van der Waals surface area (Å²) in [5, 5.41) is 18.7. The second-order valence-electron chi connectivity index (χ2n) is 3.95. The van der Waals surface area contributed by atoms with Gasteiger partial charge in [-0.15, -0.1) is 0 Å². The van der Waals surface area contributed by atoms with Crippen LogP contribution in [0.3, 0.4) is 0 Å². The quantitative estimate of drug-likeness (QED) is 0.715. The lowest BCUT2D eigenvalue weighted by molar-refractivity contribution is 0.216. The average Bonchev–Trinajstić information content (AvgIpc) is 2.94. The van der Waals surface area contributed by atoms with Crippen molar-refractivity contribution in [2.24, 2.45) is 7.05 Å². The highest BCUT2D eigenvalue weighted by molar-refractivity contribution is 5.55. The fourth-order valence-corrected chi connectivity index (χ4v) is 1.90. The second-order valence-corrected chi connectivity index (χ2v) is 3.95. The standard InChI is InChI=1S/C12H12N4O/c1-15-7-5-10(14-15)12(17)9-8-13-16-6-3-2-4-11(9)16/h2-8,12,17H,1H3. The van der Waals surface area contributed by atoms with Crippen LogP contribution in [0.25, 0.3) is 5.52 Å². The molecule has 17 heavy (non-hydrogen) atoms. The molecule has 0 radical (unpaired) electrons. The van der Waals surface area contributed by atoms with Crippen LogP contribution in [0, 0.1) is 0 Å². The number of aliphatic hydroxyl groups is 1. The zero-order valence-corrected chi connectivity index (χ0v) is 9.35. The Morgan fingerprint density at radius 1 is 1.24 bits per heavy atom. The summed E-state index contributed by atoms with van der Waals surface area (Å²) in [6.45, 7) is 0. The Balaban J connectivity index is 2.09. The van der Waals surface area contributed by atoms with Crippen molar-refractivity contribution in [3.05, 3.63) is 54.1 Å². The van der Waals surface area contributed by atoms with Crippen LogP contribution < -0.4 is 0 Å². The zero-order valence-electron chi connectivity index (χ0n) is 9.35. The van der Waals surface area contributed by atoms with Gasteiger partial charge in [0.2, 0.25) is 0 Å². The maximum Gasteiger partial charge on any atom is 0.126 e. The third-order valence-electron chi connectivity index (χ3n) is 2.77. The van der Waals surface area contributed by atoms with Crippen LogP contribution in [-0.2, 0) is 7.05 Å². The largest absolute Gasteiger partial charge is 0.382 e. The number of fused-ring (bicyclic) bond motifs is 1. The summed E-state index contributed by atoms with van der Waals surface area (Å²) in [7, 11) is 1.83. The molecule has 1 atom stereocenters. The number of hydrogen-bond donors (Lipinski definition) is 1. The van der Waals surface area contributed by atoms with Crippen LogP contribution in [0.4, 0.5) is 0 Å². The van der Waals surface area contributed by atoms with Crippen LogP contribution in [0.5, 0.6) is 0 Å². The zero-order chi connectivity index (χ0) is 11.8. The molecule has 1 N–H and O–H groups in total. The smallest absolute Gasteiger partial charge is 0.126 e. The summed E-state index contributed by atoms with van der Waals surface area (Å²) in [4.78, 5) is 0. The van der Waals surface area contributed by atoms with Crippen molar-refractivity contribution in [3.8, 4) is 0 Å². The summed E-state index contributed by atoms with van der Waals surface area (Å²) in [6.07, 6.45) is 4.60. The molecule has 86 valence electrons. The fraction of sp³-hybridized carbons (Fsp3) is 0.167. The first-order chi connectivity index (χ1) is 8.25. The Labute approximate surface area is 97.9 Å². The summed E-state index contributed by atoms with van der Waals surface area (Å²) in [5.41, 5.74) is 2.29. The highest BCUT2D eigenvalue weighted by Crippen LogP contribution is 2.23. The molecule has 0 aliphatic heterocycles. The summed E-state index contributed by atoms with van der Waals surface area (Å²) < 4.78 is 3.41. The first-order valence-corrected chi connectivity index (χ1v) is 5.35. The average molecular weight is 228 g/mol. The van der Waals surface area contributed by atoms with Gasteiger partial charge in [0.15, 0.2) is 0 Å². The van der Waals surface area contributed by atoms with Crippen molar-refractivity contribution in [2.75, 3.05) is 0 Å². The van der Waals surface area contributed by atoms with Crippen LogP contribution in [-0.4, -0.2) is 24.5 Å². The van der Waals surface area contributed by atoms with Crippen LogP contribution in [0.1, 0.15) is 17.4 Å². The normalized spacial score (nSPS) is 13.1. The molecule has 0 saturated carbocycles. The SMILES string of the molecule is Cn1ccc(C(O)c2cnn3ccccc23)n1. The van der Waals surface area contributed by atoms with E-state index in [1.165, 1.54) is 0 Å². The lowest BCUT2D eigenvalue weighted by Crippen LogP contribution is -2.01. The molecule has 3 heterocycles. The highest BCUT2D eigenvalue weighted by atomic mass is 16.3. The Morgan fingerprint density at radius 3 is 2.88 bits per heavy atom. The van der Waals surface area contributed by atoms with E-state index in [0.29, 0.717) is 5.69 Å². The van der Waals surface area contributed by atoms with Gasteiger partial charge in [0.25, 0.3) is 0 Å². The Bertz CT molecular complexity index is 655. The van der Waals surface area contributed by atoms with E-state index in [2.05, 4.69) is 10.2 Å². The van der Waals surface area contributed by atoms with E-state index in [4.69, 9.17) is 0 Å². The van der Waals surface area contributed by atoms with E-state index >= 15 is 0 Å². The van der Waals surface area contributed by atoms with Crippen LogP contribution in [0.15, 0.2) is 42.9 Å². The molecule has 0 aliphatic rings. The minimum Gasteiger partial charge on any atom is -0.382 e. The van der Waals surface area contributed by atoms with Crippen molar-refractivity contribution < 1.29 is 5.11 Å². The lowest BCUT2D eigenvalue weighted by Gasteiger charge is -2.05. The predicted molar refractivity (Wildman–Crippen MR) is 62.5 cm³/mol. The molecular weight excluding hydrogens is 216 g/mol. The number of nitrogens with zero attached hydrogens (tertiary/aromatic N) is 4. The number of aryl methyl sites for hydroxylation is 1. The second kappa shape index (κ2) is 3.71. The van der Waals surface area contributed by atoms with Gasteiger partial charge < -0.3 is 5.11 Å². The molecule has 5 heteroatoms. The van der Waals surface area contributed by atoms with Crippen molar-refractivity contribution >= 4 is 5.52 Å². The van der Waals surface area contributed by atoms with Gasteiger partial charge in [-0.3, -0.25) is 4.68 Å². The van der Waals surface area contributed by atoms with Gasteiger partial charge in [0.1, 0.15) is 6.10 Å². The molecule has 0 bridgehead atoms. The van der Waals surface area contributed by atoms with Crippen molar-refractivity contribution in [2.45, 2.75) is 6.10 Å². The van der Waals surface area contributed by atoms with E-state index in [1.54, 1.807) is 21.5 Å². The third-order valence-corrected chi connectivity index (χ3v) is 2.77. The van der Waals surface area contributed by atoms with Gasteiger partial charge in [0.05, 0.1) is 17.4 Å². The minimum atomic E-state index is -0.740. The van der Waals surface area contributed by atoms with E-state index in [9.17, 15) is 5.11 Å². The van der Waals surface area contributed by atoms with Crippen molar-refractivity contribution in [3.63, 3.8) is 0 Å². The molecule has 3 rings (SSSR count). The van der Waals surface area contributed by atoms with E-state index in [1.807, 2.05) is 37.6 Å². The van der Waals surface area contributed by atoms with E-state index < -0.39 is 6.10 Å². The van der Waals surface area contributed by atoms with E-state index in [-0.39, 0.29) is 0 Å². The van der Waals surface area contributed by atoms with Crippen LogP contribution in [0.2, 0.25) is 0 Å². The molecule has 0 aromatic carbocycles. The molecule has 0 amide bonds. The molecule has 0 fully saturated rings. The Hall–Kier alpha value is -2.14. The first kappa shape index (κ1) is 10.0. The molecular formula is C12H12N4O. The third kappa shape index (κ3) is 1.60. The number of rotatable bonds is 2. The summed E-state index contributed by atoms with van der Waals surface area (Å²) in [5.74, 6) is 0. The Kier molecular flexibility index (Phi) is 2.19. The molecule has 0 saturated heterocycles. The Morgan fingerprint density at radius 2 is 2.12 bits per heavy atom. The van der Waals surface area contributed by atoms with Gasteiger partial charge in [-0.25, -0.2) is 4.52 Å². The summed E-state index contributed by atoms with van der Waals surface area (Å²) in [6, 6.07) is 7.55. The minimum absolute atomic E-state index is 0.631. The first-order valence-electron chi connectivity index (χ1n) is 5.35. The maximum absolute atomic E-state index is 10.3. The predicted octanol–water partition coefficient (Wildman–Crippen LogP) is 1.15. The van der Waals surface area contributed by atoms with Crippen molar-refractivity contribution in [1.82, 2.24) is 19.4 Å². The molecule has 3 aromatic heterocycles. The molecule has 5 nitrogen and oxygen atoms in total. The van der Waals surface area contributed by atoms with Gasteiger partial charge in [0, 0.05) is 25.0 Å². The maximum atomic E-state index is 10.3. The number of aromatic nitrogens is 4. The summed E-state index contributed by atoms with van der Waals surface area (Å²) >= 11 is 0. The monoisotopic (exact) mass is 228 g/mol. The van der Waals surface area contributed by atoms with Gasteiger partial charge in [-0.05, 0) is 18.2 Å². The number of pyridine rings is 1. The van der Waals surface area contributed by atoms with Crippen LogP contribution >= 0.6 is 0 Å². The van der Waals surface area contributed by atoms with E-state index in [0.717, 1.165) is 11.1 Å². The van der Waals surface area contributed by atoms with Crippen molar-refractivity contribution in [1.29, 1.82) is 0 Å². The number of hydrogen-bond acceptors (Lipinski definition) is 3. The number of aliphatic hydroxyl groups excluding tert-OH is 1. The topological polar surface area (TPSA) is 55.3 Å².